The summed E-state index contributed by atoms with van der Waals surface area (Å²) in [5.41, 5.74) is 12.8. The predicted octanol–water partition coefficient (Wildman–Crippen LogP) is 9.81. The van der Waals surface area contributed by atoms with Crippen LogP contribution in [0.3, 0.4) is 0 Å². The summed E-state index contributed by atoms with van der Waals surface area (Å²) >= 11 is 1.74. The summed E-state index contributed by atoms with van der Waals surface area (Å²) in [5, 5.41) is 2.69. The van der Waals surface area contributed by atoms with Crippen molar-refractivity contribution in [1.82, 2.24) is 0 Å². The van der Waals surface area contributed by atoms with Crippen LogP contribution in [0.1, 0.15) is 49.9 Å². The molecule has 0 aromatic heterocycles. The first kappa shape index (κ1) is 33.2. The zero-order chi connectivity index (χ0) is 24.2. The van der Waals surface area contributed by atoms with Crippen LogP contribution in [-0.4, -0.2) is 5.43 Å². The Kier molecular flexibility index (Phi) is 14.4. The zero-order valence-corrected chi connectivity index (χ0v) is 27.5. The van der Waals surface area contributed by atoms with Crippen LogP contribution in [0.4, 0.5) is 0 Å². The van der Waals surface area contributed by atoms with E-state index in [0.717, 1.165) is 0 Å². The molecular weight excluding hydrogens is 551 g/mol. The molecule has 4 heteroatoms. The summed E-state index contributed by atoms with van der Waals surface area (Å²) in [6.07, 6.45) is 3.36. The fourth-order valence-corrected chi connectivity index (χ4v) is 4.15. The van der Waals surface area contributed by atoms with E-state index >= 15 is 0 Å². The van der Waals surface area contributed by atoms with Gasteiger partial charge in [0.25, 0.3) is 0 Å². The SMILES string of the molecule is CC1=[C-]C(C)C(C)=C1C.C[Si](C)=[Zr+2].Cc1cc(C)c(C)c(-c2c[cH-]c3ccccc23)c1C.Cl.Cl. The third kappa shape index (κ3) is 8.12. The summed E-state index contributed by atoms with van der Waals surface area (Å²) in [5.74, 6) is 0.560. The Morgan fingerprint density at radius 1 is 0.882 bits per heavy atom. The first-order valence-corrected chi connectivity index (χ1v) is 17.7. The first-order chi connectivity index (χ1) is 15.0. The molecule has 0 N–H and O–H groups in total. The third-order valence-electron chi connectivity index (χ3n) is 6.55. The summed E-state index contributed by atoms with van der Waals surface area (Å²) < 4.78 is 0. The Morgan fingerprint density at radius 3 is 1.79 bits per heavy atom. The summed E-state index contributed by atoms with van der Waals surface area (Å²) in [7, 11) is 0. The largest absolute Gasteiger partial charge is 0.150 e. The van der Waals surface area contributed by atoms with E-state index in [-0.39, 0.29) is 30.2 Å². The van der Waals surface area contributed by atoms with Crippen molar-refractivity contribution in [2.24, 2.45) is 5.92 Å². The second-order valence-corrected chi connectivity index (χ2v) is 18.6. The molecule has 1 aliphatic carbocycles. The van der Waals surface area contributed by atoms with Gasteiger partial charge in [0.15, 0.2) is 0 Å². The molecule has 1 unspecified atom stereocenters. The maximum Gasteiger partial charge on any atom is -0.0395 e. The van der Waals surface area contributed by atoms with E-state index < -0.39 is 0 Å². The fourth-order valence-electron chi connectivity index (χ4n) is 4.15. The topological polar surface area (TPSA) is 0 Å². The Hall–Kier alpha value is -0.790. The molecule has 0 bridgehead atoms. The number of halogens is 2. The number of hydrogen-bond donors (Lipinski definition) is 0. The van der Waals surface area contributed by atoms with Crippen molar-refractivity contribution in [1.29, 1.82) is 0 Å². The molecule has 182 valence electrons. The molecule has 0 heterocycles. The van der Waals surface area contributed by atoms with Crippen LogP contribution >= 0.6 is 24.8 Å². The van der Waals surface area contributed by atoms with E-state index in [4.69, 9.17) is 0 Å². The van der Waals surface area contributed by atoms with Crippen LogP contribution in [-0.2, 0) is 23.3 Å². The maximum atomic E-state index is 3.36. The Bertz CT molecular complexity index is 1170. The molecule has 0 aliphatic heterocycles. The van der Waals surface area contributed by atoms with Gasteiger partial charge in [-0.3, -0.25) is 6.08 Å². The van der Waals surface area contributed by atoms with Gasteiger partial charge in [0.1, 0.15) is 0 Å². The molecule has 3 aromatic rings. The normalized spacial score (nSPS) is 14.2. The fraction of sp³-hybridized carbons (Fsp3) is 0.367. The molecule has 1 aliphatic rings. The molecule has 0 fully saturated rings. The predicted molar refractivity (Wildman–Crippen MR) is 156 cm³/mol. The zero-order valence-electron chi connectivity index (χ0n) is 22.4. The van der Waals surface area contributed by atoms with Crippen LogP contribution in [0.5, 0.6) is 0 Å². The van der Waals surface area contributed by atoms with Gasteiger partial charge in [-0.25, -0.2) is 5.57 Å². The minimum absolute atomic E-state index is 0. The monoisotopic (exact) mass is 588 g/mol. The quantitative estimate of drug-likeness (QED) is 0.195. The number of benzene rings is 2. The second kappa shape index (κ2) is 14.7. The van der Waals surface area contributed by atoms with E-state index in [1.54, 1.807) is 23.3 Å². The molecule has 0 saturated heterocycles. The molecular formula is C30H40Cl2SiZr. The van der Waals surface area contributed by atoms with Gasteiger partial charge in [0, 0.05) is 0 Å². The van der Waals surface area contributed by atoms with Gasteiger partial charge < -0.3 is 0 Å². The van der Waals surface area contributed by atoms with Crippen molar-refractivity contribution >= 4 is 41.0 Å². The minimum Gasteiger partial charge on any atom is -0.150 e. The number of allylic oxidation sites excluding steroid dienone is 4. The molecule has 0 nitrogen and oxygen atoms in total. The van der Waals surface area contributed by atoms with Gasteiger partial charge in [-0.05, 0) is 38.8 Å². The van der Waals surface area contributed by atoms with Gasteiger partial charge in [0.05, 0.1) is 0 Å². The molecule has 4 rings (SSSR count). The van der Waals surface area contributed by atoms with Gasteiger partial charge in [0.2, 0.25) is 0 Å². The summed E-state index contributed by atoms with van der Waals surface area (Å²) in [6, 6.07) is 15.4. The molecule has 34 heavy (non-hydrogen) atoms. The number of fused-ring (bicyclic) bond motifs is 1. The first-order valence-electron chi connectivity index (χ1n) is 11.5. The summed E-state index contributed by atoms with van der Waals surface area (Å²) in [4.78, 5) is 0. The van der Waals surface area contributed by atoms with E-state index in [2.05, 4.69) is 117 Å². The van der Waals surface area contributed by atoms with E-state index in [9.17, 15) is 0 Å². The van der Waals surface area contributed by atoms with Crippen molar-refractivity contribution in [2.45, 2.75) is 68.5 Å². The maximum absolute atomic E-state index is 3.36. The molecule has 0 spiro atoms. The molecule has 0 saturated carbocycles. The number of aryl methyl sites for hydroxylation is 2. The summed E-state index contributed by atoms with van der Waals surface area (Å²) in [6.45, 7) is 22.2. The van der Waals surface area contributed by atoms with Crippen molar-refractivity contribution in [3.05, 3.63) is 87.5 Å². The van der Waals surface area contributed by atoms with Crippen molar-refractivity contribution in [3.63, 3.8) is 0 Å². The van der Waals surface area contributed by atoms with Crippen molar-refractivity contribution < 1.29 is 23.3 Å². The van der Waals surface area contributed by atoms with Crippen LogP contribution in [0.15, 0.2) is 59.2 Å². The molecule has 3 aromatic carbocycles. The van der Waals surface area contributed by atoms with Crippen LogP contribution in [0.25, 0.3) is 21.9 Å². The Labute approximate surface area is 235 Å². The number of rotatable bonds is 1. The average molecular weight is 591 g/mol. The minimum atomic E-state index is 0. The van der Waals surface area contributed by atoms with Crippen molar-refractivity contribution in [3.8, 4) is 11.1 Å². The average Bonchev–Trinajstić information content (AvgIpc) is 3.24. The van der Waals surface area contributed by atoms with Gasteiger partial charge >= 0.3 is 41.9 Å². The van der Waals surface area contributed by atoms with Gasteiger partial charge in [-0.2, -0.15) is 11.1 Å². The Morgan fingerprint density at radius 2 is 1.38 bits per heavy atom. The molecule has 1 atom stereocenters. The van der Waals surface area contributed by atoms with E-state index in [0.29, 0.717) is 5.92 Å². The van der Waals surface area contributed by atoms with Crippen LogP contribution in [0, 0.1) is 39.7 Å². The third-order valence-corrected chi connectivity index (χ3v) is 6.55. The van der Waals surface area contributed by atoms with Crippen molar-refractivity contribution in [2.75, 3.05) is 0 Å². The second-order valence-electron chi connectivity index (χ2n) is 9.27. The van der Waals surface area contributed by atoms with Gasteiger partial charge in [-0.1, -0.05) is 55.5 Å². The smallest absolute Gasteiger partial charge is 0.0395 e. The molecule has 0 amide bonds. The van der Waals surface area contributed by atoms with Gasteiger partial charge in [-0.15, -0.1) is 78.4 Å². The van der Waals surface area contributed by atoms with Crippen LogP contribution in [0.2, 0.25) is 13.1 Å². The van der Waals surface area contributed by atoms with E-state index in [1.807, 2.05) is 0 Å². The van der Waals surface area contributed by atoms with E-state index in [1.165, 1.54) is 60.9 Å². The molecule has 0 radical (unpaired) electrons. The standard InChI is InChI=1S/C19H19.C9H13.C2H6Si.2ClH.Zr/c1-12-11-13(2)15(4)19(14(12)3)18-10-9-16-7-5-6-8-17(16)18;1-6-5-7(2)9(4)8(6)3;1-3-2;;;/h5-11H,1-4H3;6H,1-4H3;1-2H3;2*1H;/q2*-1;;;;+2. The van der Waals surface area contributed by atoms with Crippen LogP contribution < -0.4 is 0 Å². The Balaban J connectivity index is 0.000000614. The number of hydrogen-bond acceptors (Lipinski definition) is 0.